The van der Waals surface area contributed by atoms with Gasteiger partial charge < -0.3 is 20.7 Å². The first-order valence-corrected chi connectivity index (χ1v) is 15.5. The number of carbonyl (C=O) groups excluding carboxylic acids is 4. The Kier molecular flexibility index (Phi) is 9.11. The predicted octanol–water partition coefficient (Wildman–Crippen LogP) is 5.78. The summed E-state index contributed by atoms with van der Waals surface area (Å²) in [5.41, 5.74) is 3.44. The summed E-state index contributed by atoms with van der Waals surface area (Å²) in [6, 6.07) is 12.3. The number of amides is 3. The van der Waals surface area contributed by atoms with Gasteiger partial charge in [0.25, 0.3) is 17.7 Å². The van der Waals surface area contributed by atoms with Crippen LogP contribution in [0.2, 0.25) is 5.02 Å². The molecular weight excluding hydrogens is 658 g/mol. The first-order valence-electron chi connectivity index (χ1n) is 15.1. The van der Waals surface area contributed by atoms with E-state index in [1.54, 1.807) is 18.2 Å². The fraction of sp³-hybridized carbons (Fsp3) is 0.200. The standard InChI is InChI=1S/C35H29ClF2N6O5/c1-17-21(18(2)45)6-7-23-22(17)8-11-28(23)42-35(48)31-14-30(34(47)39-15-19-4-9-26(37)27(38)12-19)41-32-24(16-40-44(31)32)33(46)43-29-10-5-20(49-3)13-25(29)36/h4-7,9-10,12-14,16,28H,8,11,15H2,1-3H3,(H,39,47)(H,42,48)(H,43,46)/t28-/m0/s1. The number of methoxy groups -OCH3 is 1. The van der Waals surface area contributed by atoms with Gasteiger partial charge in [-0.2, -0.15) is 5.10 Å². The summed E-state index contributed by atoms with van der Waals surface area (Å²) < 4.78 is 33.5. The van der Waals surface area contributed by atoms with Gasteiger partial charge in [-0.25, -0.2) is 18.3 Å². The highest BCUT2D eigenvalue weighted by Crippen LogP contribution is 2.35. The van der Waals surface area contributed by atoms with Crippen molar-refractivity contribution < 1.29 is 32.7 Å². The van der Waals surface area contributed by atoms with Gasteiger partial charge in [-0.05, 0) is 73.2 Å². The van der Waals surface area contributed by atoms with E-state index in [0.717, 1.165) is 33.3 Å². The quantitative estimate of drug-likeness (QED) is 0.167. The van der Waals surface area contributed by atoms with Crippen LogP contribution < -0.4 is 20.7 Å². The minimum Gasteiger partial charge on any atom is -0.497 e. The maximum atomic E-state index is 13.9. The van der Waals surface area contributed by atoms with E-state index in [-0.39, 0.29) is 51.2 Å². The molecule has 2 aromatic heterocycles. The van der Waals surface area contributed by atoms with Gasteiger partial charge in [-0.15, -0.1) is 0 Å². The SMILES string of the molecule is COc1ccc(NC(=O)c2cnn3c(C(=O)N[C@H]4CCc5c4ccc(C(C)=O)c5C)cc(C(=O)NCc4ccc(F)c(F)c4)nc23)c(Cl)c1. The lowest BCUT2D eigenvalue weighted by molar-refractivity contribution is 0.0926. The largest absolute Gasteiger partial charge is 0.497 e. The van der Waals surface area contributed by atoms with Crippen LogP contribution in [0, 0.1) is 18.6 Å². The molecule has 3 N–H and O–H groups in total. The Morgan fingerprint density at radius 2 is 1.78 bits per heavy atom. The van der Waals surface area contributed by atoms with Crippen molar-refractivity contribution in [1.29, 1.82) is 0 Å². The minimum absolute atomic E-state index is 0.0462. The number of nitrogens with zero attached hydrogens (tertiary/aromatic N) is 3. The zero-order chi connectivity index (χ0) is 35.0. The molecule has 3 aromatic carbocycles. The van der Waals surface area contributed by atoms with Crippen molar-refractivity contribution in [2.24, 2.45) is 0 Å². The first-order chi connectivity index (χ1) is 23.4. The summed E-state index contributed by atoms with van der Waals surface area (Å²) in [7, 11) is 1.48. The highest BCUT2D eigenvalue weighted by atomic mass is 35.5. The van der Waals surface area contributed by atoms with Crippen LogP contribution in [0.4, 0.5) is 14.5 Å². The average molecular weight is 687 g/mol. The van der Waals surface area contributed by atoms with Gasteiger partial charge in [0.05, 0.1) is 30.1 Å². The number of Topliss-reactive ketones (excluding diaryl/α,β-unsaturated/α-hetero) is 1. The molecule has 14 heteroatoms. The number of benzene rings is 3. The maximum absolute atomic E-state index is 13.9. The van der Waals surface area contributed by atoms with E-state index in [2.05, 4.69) is 26.0 Å². The molecule has 5 aromatic rings. The number of ether oxygens (including phenoxy) is 1. The number of ketones is 1. The number of fused-ring (bicyclic) bond motifs is 2. The van der Waals surface area contributed by atoms with Crippen molar-refractivity contribution in [3.8, 4) is 5.75 Å². The maximum Gasteiger partial charge on any atom is 0.270 e. The van der Waals surface area contributed by atoms with E-state index in [1.165, 1.54) is 38.4 Å². The van der Waals surface area contributed by atoms with Crippen molar-refractivity contribution >= 4 is 46.4 Å². The zero-order valence-electron chi connectivity index (χ0n) is 26.5. The molecule has 6 rings (SSSR count). The third kappa shape index (κ3) is 6.57. The Balaban J connectivity index is 1.34. The molecule has 0 aliphatic heterocycles. The van der Waals surface area contributed by atoms with Crippen LogP contribution in [0.15, 0.2) is 60.8 Å². The number of anilines is 1. The molecule has 0 saturated carbocycles. The molecule has 1 aliphatic rings. The highest BCUT2D eigenvalue weighted by Gasteiger charge is 2.29. The van der Waals surface area contributed by atoms with Crippen molar-refractivity contribution in [3.63, 3.8) is 0 Å². The fourth-order valence-electron chi connectivity index (χ4n) is 5.88. The number of aromatic nitrogens is 3. The van der Waals surface area contributed by atoms with E-state index < -0.39 is 35.4 Å². The molecular formula is C35H29ClF2N6O5. The van der Waals surface area contributed by atoms with E-state index in [1.807, 2.05) is 13.0 Å². The summed E-state index contributed by atoms with van der Waals surface area (Å²) in [6.07, 6.45) is 2.44. The number of hydrogen-bond donors (Lipinski definition) is 3. The fourth-order valence-corrected chi connectivity index (χ4v) is 6.10. The van der Waals surface area contributed by atoms with Crippen molar-refractivity contribution in [1.82, 2.24) is 25.2 Å². The molecule has 250 valence electrons. The summed E-state index contributed by atoms with van der Waals surface area (Å²) in [4.78, 5) is 57.2. The molecule has 0 bridgehead atoms. The van der Waals surface area contributed by atoms with Crippen LogP contribution in [-0.4, -0.2) is 45.2 Å². The number of nitrogens with one attached hydrogen (secondary N) is 3. The van der Waals surface area contributed by atoms with Crippen LogP contribution in [-0.2, 0) is 13.0 Å². The lowest BCUT2D eigenvalue weighted by Gasteiger charge is -2.16. The van der Waals surface area contributed by atoms with Gasteiger partial charge in [0.1, 0.15) is 22.7 Å². The summed E-state index contributed by atoms with van der Waals surface area (Å²) >= 11 is 6.32. The van der Waals surface area contributed by atoms with Crippen LogP contribution in [0.3, 0.4) is 0 Å². The topological polar surface area (TPSA) is 144 Å². The van der Waals surface area contributed by atoms with Gasteiger partial charge in [-0.3, -0.25) is 19.2 Å². The van der Waals surface area contributed by atoms with E-state index in [9.17, 15) is 28.0 Å². The molecule has 49 heavy (non-hydrogen) atoms. The number of carbonyl (C=O) groups is 4. The minimum atomic E-state index is -1.07. The third-order valence-electron chi connectivity index (χ3n) is 8.42. The molecule has 0 spiro atoms. The molecule has 0 radical (unpaired) electrons. The van der Waals surface area contributed by atoms with Crippen LogP contribution in [0.1, 0.15) is 83.3 Å². The van der Waals surface area contributed by atoms with Crippen molar-refractivity contribution in [3.05, 3.63) is 122 Å². The number of rotatable bonds is 9. The molecule has 1 atom stereocenters. The first kappa shape index (κ1) is 33.2. The third-order valence-corrected chi connectivity index (χ3v) is 8.73. The van der Waals surface area contributed by atoms with E-state index in [0.29, 0.717) is 24.2 Å². The van der Waals surface area contributed by atoms with Gasteiger partial charge in [0.15, 0.2) is 23.1 Å². The molecule has 2 heterocycles. The monoisotopic (exact) mass is 686 g/mol. The average Bonchev–Trinajstić information content (AvgIpc) is 3.70. The van der Waals surface area contributed by atoms with Crippen LogP contribution in [0.5, 0.6) is 5.75 Å². The Morgan fingerprint density at radius 1 is 0.980 bits per heavy atom. The molecule has 0 fully saturated rings. The lowest BCUT2D eigenvalue weighted by atomic mass is 9.96. The molecule has 1 aliphatic carbocycles. The lowest BCUT2D eigenvalue weighted by Crippen LogP contribution is -2.31. The van der Waals surface area contributed by atoms with Gasteiger partial charge in [0, 0.05) is 24.2 Å². The Hall–Kier alpha value is -5.69. The van der Waals surface area contributed by atoms with Crippen molar-refractivity contribution in [2.45, 2.75) is 39.3 Å². The second-order valence-corrected chi connectivity index (χ2v) is 11.9. The molecule has 0 saturated heterocycles. The van der Waals surface area contributed by atoms with Crippen molar-refractivity contribution in [2.75, 3.05) is 12.4 Å². The smallest absolute Gasteiger partial charge is 0.270 e. The van der Waals surface area contributed by atoms with Gasteiger partial charge in [0.2, 0.25) is 0 Å². The molecule has 11 nitrogen and oxygen atoms in total. The molecule has 3 amide bonds. The zero-order valence-corrected chi connectivity index (χ0v) is 27.2. The summed E-state index contributed by atoms with van der Waals surface area (Å²) in [6.45, 7) is 3.22. The number of halogens is 3. The van der Waals surface area contributed by atoms with E-state index >= 15 is 0 Å². The van der Waals surface area contributed by atoms with Crippen LogP contribution >= 0.6 is 11.6 Å². The van der Waals surface area contributed by atoms with Gasteiger partial charge in [-0.1, -0.05) is 29.8 Å². The summed E-state index contributed by atoms with van der Waals surface area (Å²) in [5, 5.41) is 12.7. The number of hydrogen-bond acceptors (Lipinski definition) is 7. The van der Waals surface area contributed by atoms with Crippen LogP contribution in [0.25, 0.3) is 5.65 Å². The normalized spacial score (nSPS) is 13.6. The second kappa shape index (κ2) is 13.4. The Labute approximate surface area is 283 Å². The molecule has 0 unspecified atom stereocenters. The Morgan fingerprint density at radius 3 is 2.49 bits per heavy atom. The van der Waals surface area contributed by atoms with E-state index in [4.69, 9.17) is 16.3 Å². The second-order valence-electron chi connectivity index (χ2n) is 11.5. The van der Waals surface area contributed by atoms with Gasteiger partial charge >= 0.3 is 0 Å². The highest BCUT2D eigenvalue weighted by molar-refractivity contribution is 6.34. The Bertz CT molecular complexity index is 2190. The predicted molar refractivity (Wildman–Crippen MR) is 176 cm³/mol. The summed E-state index contributed by atoms with van der Waals surface area (Å²) in [5.74, 6) is -3.67.